The van der Waals surface area contributed by atoms with Gasteiger partial charge in [-0.3, -0.25) is 4.79 Å². The third-order valence-corrected chi connectivity index (χ3v) is 3.06. The number of aryl methyl sites for hydroxylation is 2. The van der Waals surface area contributed by atoms with E-state index in [1.165, 1.54) is 0 Å². The second kappa shape index (κ2) is 4.94. The summed E-state index contributed by atoms with van der Waals surface area (Å²) in [7, 11) is 0. The van der Waals surface area contributed by atoms with Crippen molar-refractivity contribution in [2.24, 2.45) is 0 Å². The van der Waals surface area contributed by atoms with Crippen LogP contribution < -0.4 is 0 Å². The molecule has 1 heterocycles. The smallest absolute Gasteiger partial charge is 0.298 e. The van der Waals surface area contributed by atoms with Crippen molar-refractivity contribution in [2.75, 3.05) is 0 Å². The van der Waals surface area contributed by atoms with Crippen molar-refractivity contribution in [1.82, 2.24) is 9.78 Å². The highest BCUT2D eigenvalue weighted by Crippen LogP contribution is 2.34. The summed E-state index contributed by atoms with van der Waals surface area (Å²) in [5, 5.41) is 3.08. The number of carbonyl (C=O) groups excluding carboxylic acids is 1. The van der Waals surface area contributed by atoms with Gasteiger partial charge in [0, 0.05) is 0 Å². The minimum absolute atomic E-state index is 0.0668. The maximum atomic E-state index is 12.8. The van der Waals surface area contributed by atoms with Gasteiger partial charge in [-0.15, -0.1) is 0 Å². The Morgan fingerprint density at radius 3 is 2.15 bits per heavy atom. The summed E-state index contributed by atoms with van der Waals surface area (Å²) in [5.74, 6) is 0. The lowest BCUT2D eigenvalue weighted by Crippen LogP contribution is -2.09. The van der Waals surface area contributed by atoms with Crippen LogP contribution >= 0.6 is 11.6 Å². The SMILES string of the molecule is Cc1cc(C)cc(-n2nc(C(F)(F)F)c(C=O)c2Cl)c1. The number of hydrogen-bond donors (Lipinski definition) is 0. The van der Waals surface area contributed by atoms with E-state index in [4.69, 9.17) is 11.6 Å². The molecule has 0 saturated heterocycles. The van der Waals surface area contributed by atoms with Gasteiger partial charge in [0.05, 0.1) is 11.3 Å². The van der Waals surface area contributed by atoms with Gasteiger partial charge < -0.3 is 0 Å². The molecule has 2 rings (SSSR count). The molecule has 0 spiro atoms. The predicted octanol–water partition coefficient (Wildman–Crippen LogP) is 3.97. The summed E-state index contributed by atoms with van der Waals surface area (Å²) in [6.07, 6.45) is -4.67. The summed E-state index contributed by atoms with van der Waals surface area (Å²) in [4.78, 5) is 10.8. The Morgan fingerprint density at radius 2 is 1.75 bits per heavy atom. The van der Waals surface area contributed by atoms with E-state index in [0.29, 0.717) is 5.69 Å². The van der Waals surface area contributed by atoms with Gasteiger partial charge in [0.15, 0.2) is 12.0 Å². The Balaban J connectivity index is 2.69. The quantitative estimate of drug-likeness (QED) is 0.787. The Bertz CT molecular complexity index is 657. The number of rotatable bonds is 2. The zero-order chi connectivity index (χ0) is 15.1. The summed E-state index contributed by atoms with van der Waals surface area (Å²) in [6.45, 7) is 3.61. The molecule has 7 heteroatoms. The lowest BCUT2D eigenvalue weighted by atomic mass is 10.1. The molecular weight excluding hydrogens is 293 g/mol. The van der Waals surface area contributed by atoms with Crippen LogP contribution in [0.1, 0.15) is 27.2 Å². The largest absolute Gasteiger partial charge is 0.435 e. The Labute approximate surface area is 118 Å². The molecule has 3 nitrogen and oxygen atoms in total. The topological polar surface area (TPSA) is 34.9 Å². The molecular formula is C13H10ClF3N2O. The van der Waals surface area contributed by atoms with E-state index in [0.717, 1.165) is 15.8 Å². The highest BCUT2D eigenvalue weighted by atomic mass is 35.5. The molecule has 0 N–H and O–H groups in total. The number of halogens is 4. The number of carbonyl (C=O) groups is 1. The van der Waals surface area contributed by atoms with Crippen molar-refractivity contribution >= 4 is 17.9 Å². The Morgan fingerprint density at radius 1 is 1.20 bits per heavy atom. The molecule has 0 aliphatic heterocycles. The standard InChI is InChI=1S/C13H10ClF3N2O/c1-7-3-8(2)5-9(4-7)19-12(14)10(6-20)11(18-19)13(15,16)17/h3-6H,1-2H3. The minimum atomic E-state index is -4.73. The van der Waals surface area contributed by atoms with E-state index in [-0.39, 0.29) is 11.4 Å². The number of alkyl halides is 3. The molecule has 0 fully saturated rings. The Hall–Kier alpha value is -1.82. The summed E-state index contributed by atoms with van der Waals surface area (Å²) < 4.78 is 39.4. The fraction of sp³-hybridized carbons (Fsp3) is 0.231. The van der Waals surface area contributed by atoms with Crippen molar-refractivity contribution in [2.45, 2.75) is 20.0 Å². The summed E-state index contributed by atoms with van der Waals surface area (Å²) >= 11 is 5.84. The van der Waals surface area contributed by atoms with Crippen molar-refractivity contribution in [1.29, 1.82) is 0 Å². The third kappa shape index (κ3) is 2.56. The first kappa shape index (κ1) is 14.6. The molecule has 20 heavy (non-hydrogen) atoms. The van der Waals surface area contributed by atoms with Gasteiger partial charge in [-0.05, 0) is 37.1 Å². The average Bonchev–Trinajstić information content (AvgIpc) is 2.64. The van der Waals surface area contributed by atoms with Gasteiger partial charge in [-0.1, -0.05) is 17.7 Å². The summed E-state index contributed by atoms with van der Waals surface area (Å²) in [5.41, 5.74) is 0.154. The number of nitrogens with zero attached hydrogens (tertiary/aromatic N) is 2. The highest BCUT2D eigenvalue weighted by Gasteiger charge is 2.39. The molecule has 106 valence electrons. The number of benzene rings is 1. The molecule has 0 radical (unpaired) electrons. The zero-order valence-corrected chi connectivity index (χ0v) is 11.4. The van der Waals surface area contributed by atoms with Crippen LogP contribution in [0, 0.1) is 13.8 Å². The van der Waals surface area contributed by atoms with Crippen LogP contribution in [-0.2, 0) is 6.18 Å². The van der Waals surface area contributed by atoms with Crippen molar-refractivity contribution in [3.63, 3.8) is 0 Å². The van der Waals surface area contributed by atoms with Crippen LogP contribution in [0.2, 0.25) is 5.15 Å². The van der Waals surface area contributed by atoms with Gasteiger partial charge in [-0.2, -0.15) is 18.3 Å². The van der Waals surface area contributed by atoms with E-state index in [2.05, 4.69) is 5.10 Å². The van der Waals surface area contributed by atoms with Crippen LogP contribution in [0.15, 0.2) is 18.2 Å². The lowest BCUT2D eigenvalue weighted by Gasteiger charge is -2.06. The van der Waals surface area contributed by atoms with E-state index in [1.807, 2.05) is 6.07 Å². The van der Waals surface area contributed by atoms with Crippen LogP contribution in [0.25, 0.3) is 5.69 Å². The molecule has 1 aromatic heterocycles. The molecule has 0 saturated carbocycles. The predicted molar refractivity (Wildman–Crippen MR) is 68.4 cm³/mol. The molecule has 0 aliphatic carbocycles. The lowest BCUT2D eigenvalue weighted by molar-refractivity contribution is -0.141. The van der Waals surface area contributed by atoms with Gasteiger partial charge in [0.25, 0.3) is 0 Å². The van der Waals surface area contributed by atoms with Crippen LogP contribution in [0.4, 0.5) is 13.2 Å². The van der Waals surface area contributed by atoms with Crippen molar-refractivity contribution in [3.8, 4) is 5.69 Å². The minimum Gasteiger partial charge on any atom is -0.298 e. The maximum Gasteiger partial charge on any atom is 0.435 e. The maximum absolute atomic E-state index is 12.8. The van der Waals surface area contributed by atoms with Crippen molar-refractivity contribution < 1.29 is 18.0 Å². The monoisotopic (exact) mass is 302 g/mol. The second-order valence-electron chi connectivity index (χ2n) is 4.43. The normalized spacial score (nSPS) is 11.7. The van der Waals surface area contributed by atoms with Gasteiger partial charge >= 0.3 is 6.18 Å². The van der Waals surface area contributed by atoms with Crippen LogP contribution in [-0.4, -0.2) is 16.1 Å². The van der Waals surface area contributed by atoms with Crippen LogP contribution in [0.5, 0.6) is 0 Å². The van der Waals surface area contributed by atoms with E-state index in [9.17, 15) is 18.0 Å². The van der Waals surface area contributed by atoms with E-state index < -0.39 is 17.4 Å². The second-order valence-corrected chi connectivity index (χ2v) is 4.78. The van der Waals surface area contributed by atoms with Crippen molar-refractivity contribution in [3.05, 3.63) is 45.7 Å². The first-order chi connectivity index (χ1) is 9.24. The van der Waals surface area contributed by atoms with E-state index >= 15 is 0 Å². The first-order valence-corrected chi connectivity index (χ1v) is 6.01. The number of aromatic nitrogens is 2. The Kier molecular flexibility index (Phi) is 3.60. The summed E-state index contributed by atoms with van der Waals surface area (Å²) in [6, 6.07) is 5.15. The number of aldehydes is 1. The molecule has 0 unspecified atom stereocenters. The molecule has 0 bridgehead atoms. The molecule has 0 atom stereocenters. The van der Waals surface area contributed by atoms with Gasteiger partial charge in [0.2, 0.25) is 0 Å². The molecule has 2 aromatic rings. The molecule has 0 amide bonds. The van der Waals surface area contributed by atoms with Crippen LogP contribution in [0.3, 0.4) is 0 Å². The zero-order valence-electron chi connectivity index (χ0n) is 10.6. The molecule has 0 aliphatic rings. The fourth-order valence-corrected chi connectivity index (χ4v) is 2.24. The fourth-order valence-electron chi connectivity index (χ4n) is 1.97. The van der Waals surface area contributed by atoms with Gasteiger partial charge in [0.1, 0.15) is 5.15 Å². The van der Waals surface area contributed by atoms with Gasteiger partial charge in [-0.25, -0.2) is 4.68 Å². The number of hydrogen-bond acceptors (Lipinski definition) is 2. The average molecular weight is 303 g/mol. The van der Waals surface area contributed by atoms with E-state index in [1.54, 1.807) is 26.0 Å². The third-order valence-electron chi connectivity index (χ3n) is 2.70. The molecule has 1 aromatic carbocycles. The first-order valence-electron chi connectivity index (χ1n) is 5.63. The highest BCUT2D eigenvalue weighted by molar-refractivity contribution is 6.32.